The molecule has 4 heteroatoms. The first-order chi connectivity index (χ1) is 9.65. The topological polar surface area (TPSA) is 29.5 Å². The van der Waals surface area contributed by atoms with E-state index in [1.807, 2.05) is 48.5 Å². The molecule has 2 nitrogen and oxygen atoms in total. The van der Waals surface area contributed by atoms with Gasteiger partial charge in [-0.1, -0.05) is 28.1 Å². The van der Waals surface area contributed by atoms with Gasteiger partial charge in [-0.05, 0) is 48.9 Å². The number of benzene rings is 2. The molecule has 20 heavy (non-hydrogen) atoms. The first kappa shape index (κ1) is 15.4. The van der Waals surface area contributed by atoms with Crippen molar-refractivity contribution in [3.63, 3.8) is 0 Å². The van der Waals surface area contributed by atoms with Gasteiger partial charge < -0.3 is 9.84 Å². The molecule has 0 bridgehead atoms. The zero-order valence-electron chi connectivity index (χ0n) is 11.3. The Morgan fingerprint density at radius 1 is 1.10 bits per heavy atom. The van der Waals surface area contributed by atoms with Crippen molar-refractivity contribution in [3.8, 4) is 5.75 Å². The summed E-state index contributed by atoms with van der Waals surface area (Å²) in [5.41, 5.74) is 0.945. The van der Waals surface area contributed by atoms with E-state index in [9.17, 15) is 5.11 Å². The normalized spacial score (nSPS) is 12.2. The summed E-state index contributed by atoms with van der Waals surface area (Å²) >= 11 is 5.14. The first-order valence-corrected chi connectivity index (χ1v) is 8.22. The van der Waals surface area contributed by atoms with Crippen molar-refractivity contribution in [2.75, 3.05) is 12.4 Å². The molecule has 0 aliphatic rings. The summed E-state index contributed by atoms with van der Waals surface area (Å²) in [5, 5.41) is 9.44. The summed E-state index contributed by atoms with van der Waals surface area (Å²) in [5.74, 6) is 1.78. The summed E-state index contributed by atoms with van der Waals surface area (Å²) in [6, 6.07) is 15.8. The quantitative estimate of drug-likeness (QED) is 0.604. The van der Waals surface area contributed by atoms with E-state index in [0.29, 0.717) is 6.61 Å². The number of aliphatic hydroxyl groups excluding tert-OH is 1. The third kappa shape index (κ3) is 4.85. The predicted octanol–water partition coefficient (Wildman–Crippen LogP) is 4.67. The van der Waals surface area contributed by atoms with E-state index in [1.54, 1.807) is 18.7 Å². The van der Waals surface area contributed by atoms with Crippen molar-refractivity contribution in [2.24, 2.45) is 0 Å². The maximum absolute atomic E-state index is 9.44. The molecule has 2 aromatic rings. The van der Waals surface area contributed by atoms with Crippen LogP contribution in [0.5, 0.6) is 5.75 Å². The first-order valence-electron chi connectivity index (χ1n) is 6.44. The number of rotatable bonds is 6. The minimum Gasteiger partial charge on any atom is -0.493 e. The molecule has 0 saturated heterocycles. The molecule has 1 atom stereocenters. The second-order valence-electron chi connectivity index (χ2n) is 4.40. The molecule has 0 radical (unpaired) electrons. The van der Waals surface area contributed by atoms with Crippen LogP contribution in [0.4, 0.5) is 0 Å². The van der Waals surface area contributed by atoms with Crippen LogP contribution in [0.3, 0.4) is 0 Å². The average molecular weight is 353 g/mol. The molecule has 0 aliphatic heterocycles. The summed E-state index contributed by atoms with van der Waals surface area (Å²) in [7, 11) is 0. The smallest absolute Gasteiger partial charge is 0.119 e. The van der Waals surface area contributed by atoms with Gasteiger partial charge in [0, 0.05) is 15.1 Å². The molecule has 2 aromatic carbocycles. The molecular formula is C16H17BrO2S. The Labute approximate surface area is 132 Å². The van der Waals surface area contributed by atoms with Crippen molar-refractivity contribution in [3.05, 3.63) is 58.6 Å². The zero-order valence-corrected chi connectivity index (χ0v) is 13.7. The van der Waals surface area contributed by atoms with E-state index in [-0.39, 0.29) is 0 Å². The van der Waals surface area contributed by atoms with Crippen molar-refractivity contribution in [1.29, 1.82) is 0 Å². The van der Waals surface area contributed by atoms with Gasteiger partial charge in [0.15, 0.2) is 0 Å². The number of hydrogen-bond donors (Lipinski definition) is 1. The van der Waals surface area contributed by atoms with Gasteiger partial charge in [-0.25, -0.2) is 0 Å². The fourth-order valence-corrected chi connectivity index (χ4v) is 2.69. The zero-order chi connectivity index (χ0) is 14.4. The largest absolute Gasteiger partial charge is 0.493 e. The van der Waals surface area contributed by atoms with Crippen LogP contribution >= 0.6 is 27.7 Å². The van der Waals surface area contributed by atoms with Crippen LogP contribution in [0.1, 0.15) is 18.6 Å². The van der Waals surface area contributed by atoms with Crippen LogP contribution in [-0.4, -0.2) is 17.5 Å². The standard InChI is InChI=1S/C16H17BrO2S/c1-12(18)13-2-8-16(9-3-13)20-11-10-19-15-6-4-14(17)5-7-15/h2-9,12,18H,10-11H2,1H3. The average Bonchev–Trinajstić information content (AvgIpc) is 2.46. The van der Waals surface area contributed by atoms with E-state index in [2.05, 4.69) is 15.9 Å². The summed E-state index contributed by atoms with van der Waals surface area (Å²) < 4.78 is 6.72. The summed E-state index contributed by atoms with van der Waals surface area (Å²) in [6.45, 7) is 2.44. The lowest BCUT2D eigenvalue weighted by molar-refractivity contribution is 0.199. The number of ether oxygens (including phenoxy) is 1. The SMILES string of the molecule is CC(O)c1ccc(SCCOc2ccc(Br)cc2)cc1. The molecule has 0 fully saturated rings. The highest BCUT2D eigenvalue weighted by molar-refractivity contribution is 9.10. The van der Waals surface area contributed by atoms with Crippen LogP contribution in [-0.2, 0) is 0 Å². The molecule has 0 saturated carbocycles. The van der Waals surface area contributed by atoms with Gasteiger partial charge in [0.05, 0.1) is 12.7 Å². The van der Waals surface area contributed by atoms with Gasteiger partial charge in [-0.3, -0.25) is 0 Å². The van der Waals surface area contributed by atoms with Gasteiger partial charge in [-0.2, -0.15) is 0 Å². The van der Waals surface area contributed by atoms with E-state index in [4.69, 9.17) is 4.74 Å². The van der Waals surface area contributed by atoms with Crippen LogP contribution in [0.15, 0.2) is 57.9 Å². The Morgan fingerprint density at radius 2 is 1.75 bits per heavy atom. The molecule has 0 heterocycles. The highest BCUT2D eigenvalue weighted by Crippen LogP contribution is 2.21. The lowest BCUT2D eigenvalue weighted by atomic mass is 10.1. The van der Waals surface area contributed by atoms with Gasteiger partial charge in [0.2, 0.25) is 0 Å². The molecule has 0 spiro atoms. The van der Waals surface area contributed by atoms with E-state index < -0.39 is 6.10 Å². The van der Waals surface area contributed by atoms with E-state index in [1.165, 1.54) is 4.90 Å². The van der Waals surface area contributed by atoms with Crippen LogP contribution in [0.25, 0.3) is 0 Å². The van der Waals surface area contributed by atoms with Gasteiger partial charge in [-0.15, -0.1) is 11.8 Å². The van der Waals surface area contributed by atoms with Gasteiger partial charge in [0.25, 0.3) is 0 Å². The minimum absolute atomic E-state index is 0.408. The molecule has 1 unspecified atom stereocenters. The minimum atomic E-state index is -0.408. The van der Waals surface area contributed by atoms with E-state index >= 15 is 0 Å². The number of halogens is 1. The fraction of sp³-hybridized carbons (Fsp3) is 0.250. The highest BCUT2D eigenvalue weighted by Gasteiger charge is 2.01. The molecule has 106 valence electrons. The third-order valence-electron chi connectivity index (χ3n) is 2.80. The Kier molecular flexibility index (Phi) is 5.95. The Hall–Kier alpha value is -0.970. The monoisotopic (exact) mass is 352 g/mol. The second kappa shape index (κ2) is 7.72. The second-order valence-corrected chi connectivity index (χ2v) is 6.48. The van der Waals surface area contributed by atoms with Crippen LogP contribution < -0.4 is 4.74 Å². The van der Waals surface area contributed by atoms with Crippen molar-refractivity contribution in [1.82, 2.24) is 0 Å². The third-order valence-corrected chi connectivity index (χ3v) is 4.30. The van der Waals surface area contributed by atoms with Crippen molar-refractivity contribution < 1.29 is 9.84 Å². The summed E-state index contributed by atoms with van der Waals surface area (Å²) in [4.78, 5) is 1.19. The maximum atomic E-state index is 9.44. The van der Waals surface area contributed by atoms with Gasteiger partial charge in [0.1, 0.15) is 5.75 Å². The Balaban J connectivity index is 1.74. The maximum Gasteiger partial charge on any atom is 0.119 e. The van der Waals surface area contributed by atoms with Crippen molar-refractivity contribution in [2.45, 2.75) is 17.9 Å². The molecule has 0 aromatic heterocycles. The van der Waals surface area contributed by atoms with Crippen LogP contribution in [0, 0.1) is 0 Å². The number of thioether (sulfide) groups is 1. The molecular weight excluding hydrogens is 336 g/mol. The molecule has 0 aliphatic carbocycles. The van der Waals surface area contributed by atoms with Crippen LogP contribution in [0.2, 0.25) is 0 Å². The molecule has 2 rings (SSSR count). The lowest BCUT2D eigenvalue weighted by Gasteiger charge is -2.07. The Bertz CT molecular complexity index is 523. The lowest BCUT2D eigenvalue weighted by Crippen LogP contribution is -1.99. The fourth-order valence-electron chi connectivity index (χ4n) is 1.69. The predicted molar refractivity (Wildman–Crippen MR) is 87.4 cm³/mol. The van der Waals surface area contributed by atoms with Crippen molar-refractivity contribution >= 4 is 27.7 Å². The highest BCUT2D eigenvalue weighted by atomic mass is 79.9. The summed E-state index contributed by atoms with van der Waals surface area (Å²) in [6.07, 6.45) is -0.408. The number of hydrogen-bond acceptors (Lipinski definition) is 3. The molecule has 0 amide bonds. The Morgan fingerprint density at radius 3 is 2.35 bits per heavy atom. The van der Waals surface area contributed by atoms with Gasteiger partial charge >= 0.3 is 0 Å². The molecule has 1 N–H and O–H groups in total. The number of aliphatic hydroxyl groups is 1. The van der Waals surface area contributed by atoms with E-state index in [0.717, 1.165) is 21.5 Å².